The molecule has 0 radical (unpaired) electrons. The summed E-state index contributed by atoms with van der Waals surface area (Å²) in [5.74, 6) is 0.901. The van der Waals surface area contributed by atoms with E-state index < -0.39 is 0 Å². The smallest absolute Gasteiger partial charge is 0.261 e. The maximum Gasteiger partial charge on any atom is 0.261 e. The van der Waals surface area contributed by atoms with Crippen LogP contribution in [0.5, 0.6) is 0 Å². The highest BCUT2D eigenvalue weighted by molar-refractivity contribution is 7.08. The molecule has 0 aliphatic carbocycles. The summed E-state index contributed by atoms with van der Waals surface area (Å²) in [4.78, 5) is 21.0. The van der Waals surface area contributed by atoms with Crippen LogP contribution >= 0.6 is 11.3 Å². The van der Waals surface area contributed by atoms with Crippen molar-refractivity contribution in [3.05, 3.63) is 63.6 Å². The van der Waals surface area contributed by atoms with Gasteiger partial charge in [-0.1, -0.05) is 17.3 Å². The number of hydrogen-bond acceptors (Lipinski definition) is 6. The van der Waals surface area contributed by atoms with Crippen molar-refractivity contribution < 1.29 is 4.52 Å². The second-order valence-electron chi connectivity index (χ2n) is 4.72. The second-order valence-corrected chi connectivity index (χ2v) is 5.50. The molecule has 0 N–H and O–H groups in total. The van der Waals surface area contributed by atoms with Crippen molar-refractivity contribution in [1.82, 2.24) is 19.7 Å². The van der Waals surface area contributed by atoms with E-state index in [1.807, 2.05) is 35.0 Å². The van der Waals surface area contributed by atoms with Gasteiger partial charge >= 0.3 is 0 Å². The number of benzene rings is 1. The van der Waals surface area contributed by atoms with E-state index in [1.165, 1.54) is 10.9 Å². The lowest BCUT2D eigenvalue weighted by molar-refractivity contribution is 0.420. The zero-order valence-corrected chi connectivity index (χ0v) is 12.2. The molecule has 22 heavy (non-hydrogen) atoms. The van der Waals surface area contributed by atoms with Crippen LogP contribution in [-0.4, -0.2) is 19.7 Å². The Labute approximate surface area is 128 Å². The summed E-state index contributed by atoms with van der Waals surface area (Å²) in [6, 6.07) is 9.15. The van der Waals surface area contributed by atoms with E-state index in [0.717, 1.165) is 5.56 Å². The molecule has 0 unspecified atom stereocenters. The molecular formula is C15H10N4O2S. The maximum atomic E-state index is 12.4. The monoisotopic (exact) mass is 310 g/mol. The van der Waals surface area contributed by atoms with E-state index in [4.69, 9.17) is 4.52 Å². The molecule has 0 aliphatic heterocycles. The van der Waals surface area contributed by atoms with Crippen LogP contribution in [0.15, 0.2) is 56.7 Å². The van der Waals surface area contributed by atoms with Crippen molar-refractivity contribution in [2.24, 2.45) is 0 Å². The van der Waals surface area contributed by atoms with Crippen LogP contribution in [0.2, 0.25) is 0 Å². The number of thiophene rings is 1. The summed E-state index contributed by atoms with van der Waals surface area (Å²) in [6.07, 6.45) is 1.51. The van der Waals surface area contributed by atoms with Crippen LogP contribution in [0.1, 0.15) is 5.82 Å². The zero-order chi connectivity index (χ0) is 14.9. The van der Waals surface area contributed by atoms with E-state index in [2.05, 4.69) is 15.1 Å². The first-order chi connectivity index (χ1) is 10.8. The molecule has 7 heteroatoms. The minimum Gasteiger partial charge on any atom is -0.334 e. The zero-order valence-electron chi connectivity index (χ0n) is 11.3. The van der Waals surface area contributed by atoms with Gasteiger partial charge in [0.25, 0.3) is 11.4 Å². The van der Waals surface area contributed by atoms with Gasteiger partial charge in [-0.05, 0) is 23.6 Å². The lowest BCUT2D eigenvalue weighted by Crippen LogP contribution is -2.21. The number of rotatable bonds is 3. The van der Waals surface area contributed by atoms with Gasteiger partial charge in [-0.2, -0.15) is 16.3 Å². The van der Waals surface area contributed by atoms with Gasteiger partial charge in [0, 0.05) is 5.38 Å². The minimum atomic E-state index is -0.118. The maximum absolute atomic E-state index is 12.4. The van der Waals surface area contributed by atoms with E-state index in [9.17, 15) is 4.79 Å². The summed E-state index contributed by atoms with van der Waals surface area (Å²) < 4.78 is 6.70. The predicted molar refractivity (Wildman–Crippen MR) is 82.7 cm³/mol. The third-order valence-corrected chi connectivity index (χ3v) is 3.96. The Morgan fingerprint density at radius 1 is 1.23 bits per heavy atom. The SMILES string of the molecule is O=c1c2ccccc2ncn1Cc1noc(-c2ccsc2)n1. The fourth-order valence-electron chi connectivity index (χ4n) is 2.19. The van der Waals surface area contributed by atoms with Gasteiger partial charge < -0.3 is 4.52 Å². The average Bonchev–Trinajstić information content (AvgIpc) is 3.21. The Kier molecular flexibility index (Phi) is 3.05. The van der Waals surface area contributed by atoms with Crippen LogP contribution in [0, 0.1) is 0 Å². The molecule has 3 heterocycles. The van der Waals surface area contributed by atoms with Crippen LogP contribution in [0.3, 0.4) is 0 Å². The summed E-state index contributed by atoms with van der Waals surface area (Å²) in [6.45, 7) is 0.226. The molecular weight excluding hydrogens is 300 g/mol. The molecule has 0 atom stereocenters. The molecule has 0 amide bonds. The molecule has 4 aromatic rings. The average molecular weight is 310 g/mol. The number of aromatic nitrogens is 4. The van der Waals surface area contributed by atoms with Gasteiger partial charge in [-0.15, -0.1) is 0 Å². The standard InChI is InChI=1S/C15H10N4O2S/c20-15-11-3-1-2-4-12(11)16-9-19(15)7-13-17-14(21-18-13)10-5-6-22-8-10/h1-6,8-9H,7H2. The highest BCUT2D eigenvalue weighted by Gasteiger charge is 2.11. The van der Waals surface area contributed by atoms with Crippen LogP contribution < -0.4 is 5.56 Å². The van der Waals surface area contributed by atoms with Gasteiger partial charge in [0.2, 0.25) is 0 Å². The van der Waals surface area contributed by atoms with E-state index in [0.29, 0.717) is 22.6 Å². The van der Waals surface area contributed by atoms with Gasteiger partial charge in [-0.3, -0.25) is 9.36 Å². The molecule has 6 nitrogen and oxygen atoms in total. The molecule has 0 saturated carbocycles. The molecule has 3 aromatic heterocycles. The normalized spacial score (nSPS) is 11.1. The topological polar surface area (TPSA) is 73.8 Å². The van der Waals surface area contributed by atoms with Crippen LogP contribution in [-0.2, 0) is 6.54 Å². The van der Waals surface area contributed by atoms with Gasteiger partial charge in [0.15, 0.2) is 5.82 Å². The van der Waals surface area contributed by atoms with Crippen molar-refractivity contribution in [3.8, 4) is 11.5 Å². The third-order valence-electron chi connectivity index (χ3n) is 3.28. The first-order valence-corrected chi connectivity index (χ1v) is 7.55. The number of para-hydroxylation sites is 1. The summed E-state index contributed by atoms with van der Waals surface area (Å²) in [7, 11) is 0. The van der Waals surface area contributed by atoms with Crippen LogP contribution in [0.25, 0.3) is 22.4 Å². The van der Waals surface area contributed by atoms with Gasteiger partial charge in [0.1, 0.15) is 0 Å². The lowest BCUT2D eigenvalue weighted by Gasteiger charge is -2.03. The summed E-state index contributed by atoms with van der Waals surface area (Å²) in [5.41, 5.74) is 1.44. The molecule has 108 valence electrons. The molecule has 0 aliphatic rings. The lowest BCUT2D eigenvalue weighted by atomic mass is 10.2. The second kappa shape index (κ2) is 5.19. The minimum absolute atomic E-state index is 0.118. The fourth-order valence-corrected chi connectivity index (χ4v) is 2.82. The quantitative estimate of drug-likeness (QED) is 0.581. The Bertz CT molecular complexity index is 988. The highest BCUT2D eigenvalue weighted by atomic mass is 32.1. The van der Waals surface area contributed by atoms with E-state index in [1.54, 1.807) is 17.4 Å². The molecule has 1 aromatic carbocycles. The van der Waals surface area contributed by atoms with E-state index in [-0.39, 0.29) is 12.1 Å². The number of hydrogen-bond donors (Lipinski definition) is 0. The first kappa shape index (κ1) is 12.9. The summed E-state index contributed by atoms with van der Waals surface area (Å²) >= 11 is 1.56. The third kappa shape index (κ3) is 2.21. The van der Waals surface area contributed by atoms with Crippen molar-refractivity contribution in [2.75, 3.05) is 0 Å². The highest BCUT2D eigenvalue weighted by Crippen LogP contribution is 2.19. The Balaban J connectivity index is 1.69. The Morgan fingerprint density at radius 2 is 2.14 bits per heavy atom. The van der Waals surface area contributed by atoms with Crippen molar-refractivity contribution in [3.63, 3.8) is 0 Å². The van der Waals surface area contributed by atoms with Crippen molar-refractivity contribution in [1.29, 1.82) is 0 Å². The van der Waals surface area contributed by atoms with Crippen molar-refractivity contribution >= 4 is 22.2 Å². The van der Waals surface area contributed by atoms with Gasteiger partial charge in [-0.25, -0.2) is 4.98 Å². The molecule has 0 saturated heterocycles. The predicted octanol–water partition coefficient (Wildman–Crippen LogP) is 2.56. The molecule has 4 rings (SSSR count). The number of fused-ring (bicyclic) bond motifs is 1. The Morgan fingerprint density at radius 3 is 3.00 bits per heavy atom. The summed E-state index contributed by atoms with van der Waals surface area (Å²) in [5, 5.41) is 8.37. The molecule has 0 bridgehead atoms. The number of nitrogens with zero attached hydrogens (tertiary/aromatic N) is 4. The molecule has 0 fully saturated rings. The van der Waals surface area contributed by atoms with Crippen LogP contribution in [0.4, 0.5) is 0 Å². The van der Waals surface area contributed by atoms with E-state index >= 15 is 0 Å². The van der Waals surface area contributed by atoms with Crippen molar-refractivity contribution in [2.45, 2.75) is 6.54 Å². The Hall–Kier alpha value is -2.80. The molecule has 0 spiro atoms. The fraction of sp³-hybridized carbons (Fsp3) is 0.0667. The van der Waals surface area contributed by atoms with Gasteiger partial charge in [0.05, 0.1) is 29.3 Å². The largest absolute Gasteiger partial charge is 0.334 e. The first-order valence-electron chi connectivity index (χ1n) is 6.60.